The molecule has 2 aliphatic heterocycles. The first-order valence-corrected chi connectivity index (χ1v) is 9.34. The van der Waals surface area contributed by atoms with Gasteiger partial charge in [0.1, 0.15) is 17.3 Å². The molecule has 0 aliphatic carbocycles. The van der Waals surface area contributed by atoms with Crippen LogP contribution in [-0.2, 0) is 19.4 Å². The molecule has 2 amide bonds. The summed E-state index contributed by atoms with van der Waals surface area (Å²) in [6.45, 7) is -0.137. The summed E-state index contributed by atoms with van der Waals surface area (Å²) in [6.07, 6.45) is 0.166. The Kier molecular flexibility index (Phi) is 4.29. The highest BCUT2D eigenvalue weighted by Gasteiger charge is 2.39. The SMILES string of the molecule is O=C(NC1CCS(=O)(=O)C1)C1CC(=O)N(c2c(F)cccc2F)C1. The smallest absolute Gasteiger partial charge is 0.228 e. The minimum absolute atomic E-state index is 0.0219. The van der Waals surface area contributed by atoms with Crippen LogP contribution in [0.2, 0.25) is 0 Å². The van der Waals surface area contributed by atoms with Gasteiger partial charge in [0.15, 0.2) is 9.84 Å². The van der Waals surface area contributed by atoms with Crippen molar-refractivity contribution in [1.29, 1.82) is 0 Å². The second kappa shape index (κ2) is 6.12. The van der Waals surface area contributed by atoms with E-state index in [1.807, 2.05) is 0 Å². The number of nitrogens with one attached hydrogen (secondary N) is 1. The average Bonchev–Trinajstić information content (AvgIpc) is 3.02. The number of nitrogens with zero attached hydrogens (tertiary/aromatic N) is 1. The Balaban J connectivity index is 1.70. The molecule has 0 spiro atoms. The molecule has 3 rings (SSSR count). The maximum Gasteiger partial charge on any atom is 0.228 e. The van der Waals surface area contributed by atoms with Crippen LogP contribution in [0.25, 0.3) is 0 Å². The first-order chi connectivity index (χ1) is 11.3. The first kappa shape index (κ1) is 16.8. The van der Waals surface area contributed by atoms with Gasteiger partial charge >= 0.3 is 0 Å². The third kappa shape index (κ3) is 3.26. The minimum Gasteiger partial charge on any atom is -0.352 e. The number of benzene rings is 1. The van der Waals surface area contributed by atoms with Gasteiger partial charge < -0.3 is 10.2 Å². The van der Waals surface area contributed by atoms with Crippen molar-refractivity contribution in [3.05, 3.63) is 29.8 Å². The lowest BCUT2D eigenvalue weighted by atomic mass is 10.1. The summed E-state index contributed by atoms with van der Waals surface area (Å²) < 4.78 is 50.5. The van der Waals surface area contributed by atoms with Gasteiger partial charge in [-0.2, -0.15) is 0 Å². The maximum absolute atomic E-state index is 13.8. The van der Waals surface area contributed by atoms with Crippen molar-refractivity contribution >= 4 is 27.3 Å². The summed E-state index contributed by atoms with van der Waals surface area (Å²) in [5.74, 6) is -3.61. The molecule has 2 heterocycles. The zero-order valence-corrected chi connectivity index (χ0v) is 13.5. The summed E-state index contributed by atoms with van der Waals surface area (Å²) in [4.78, 5) is 25.2. The number of hydrogen-bond acceptors (Lipinski definition) is 4. The molecule has 6 nitrogen and oxygen atoms in total. The number of para-hydroxylation sites is 1. The average molecular weight is 358 g/mol. The zero-order chi connectivity index (χ0) is 17.5. The van der Waals surface area contributed by atoms with Crippen LogP contribution in [0.3, 0.4) is 0 Å². The van der Waals surface area contributed by atoms with E-state index >= 15 is 0 Å². The minimum atomic E-state index is -3.13. The molecule has 130 valence electrons. The Morgan fingerprint density at radius 3 is 2.50 bits per heavy atom. The largest absolute Gasteiger partial charge is 0.352 e. The summed E-state index contributed by atoms with van der Waals surface area (Å²) in [5, 5.41) is 2.61. The van der Waals surface area contributed by atoms with Crippen LogP contribution in [0, 0.1) is 17.6 Å². The highest BCUT2D eigenvalue weighted by Crippen LogP contribution is 2.30. The van der Waals surface area contributed by atoms with Gasteiger partial charge in [-0.1, -0.05) is 6.07 Å². The van der Waals surface area contributed by atoms with Crippen LogP contribution in [0.4, 0.5) is 14.5 Å². The van der Waals surface area contributed by atoms with Gasteiger partial charge in [-0.05, 0) is 18.6 Å². The topological polar surface area (TPSA) is 83.5 Å². The molecule has 2 unspecified atom stereocenters. The second-order valence-corrected chi connectivity index (χ2v) is 8.31. The fourth-order valence-corrected chi connectivity index (χ4v) is 4.75. The Hall–Kier alpha value is -2.03. The van der Waals surface area contributed by atoms with Crippen molar-refractivity contribution in [2.24, 2.45) is 5.92 Å². The summed E-state index contributed by atoms with van der Waals surface area (Å²) in [6, 6.07) is 2.81. The number of rotatable bonds is 3. The molecular weight excluding hydrogens is 342 g/mol. The molecule has 1 N–H and O–H groups in total. The van der Waals surface area contributed by atoms with E-state index in [1.54, 1.807) is 0 Å². The molecule has 0 saturated carbocycles. The number of sulfone groups is 1. The maximum atomic E-state index is 13.8. The first-order valence-electron chi connectivity index (χ1n) is 7.52. The predicted octanol–water partition coefficient (Wildman–Crippen LogP) is 0.621. The molecule has 0 bridgehead atoms. The standard InChI is InChI=1S/C15H16F2N2O4S/c16-11-2-1-3-12(17)14(11)19-7-9(6-13(19)20)15(21)18-10-4-5-24(22,23)8-10/h1-3,9-10H,4-8H2,(H,18,21). The number of carbonyl (C=O) groups excluding carboxylic acids is 2. The highest BCUT2D eigenvalue weighted by atomic mass is 32.2. The van der Waals surface area contributed by atoms with E-state index in [4.69, 9.17) is 0 Å². The molecule has 9 heteroatoms. The lowest BCUT2D eigenvalue weighted by Gasteiger charge is -2.18. The lowest BCUT2D eigenvalue weighted by molar-refractivity contribution is -0.126. The van der Waals surface area contributed by atoms with Gasteiger partial charge in [0, 0.05) is 19.0 Å². The van der Waals surface area contributed by atoms with E-state index in [-0.39, 0.29) is 24.5 Å². The molecule has 1 aromatic carbocycles. The van der Waals surface area contributed by atoms with Gasteiger partial charge in [0.2, 0.25) is 11.8 Å². The molecule has 2 atom stereocenters. The van der Waals surface area contributed by atoms with Gasteiger partial charge in [-0.25, -0.2) is 17.2 Å². The quantitative estimate of drug-likeness (QED) is 0.859. The summed E-state index contributed by atoms with van der Waals surface area (Å²) in [5.41, 5.74) is -0.457. The fourth-order valence-electron chi connectivity index (χ4n) is 3.07. The van der Waals surface area contributed by atoms with Crippen molar-refractivity contribution in [2.75, 3.05) is 23.0 Å². The van der Waals surface area contributed by atoms with Gasteiger partial charge in [0.05, 0.1) is 17.4 Å². The molecule has 1 aromatic rings. The number of halogens is 2. The van der Waals surface area contributed by atoms with E-state index in [2.05, 4.69) is 5.32 Å². The Bertz CT molecular complexity index is 776. The van der Waals surface area contributed by atoms with E-state index in [9.17, 15) is 26.8 Å². The van der Waals surface area contributed by atoms with Gasteiger partial charge in [0.25, 0.3) is 0 Å². The normalized spacial score (nSPS) is 25.9. The Morgan fingerprint density at radius 2 is 1.92 bits per heavy atom. The molecular formula is C15H16F2N2O4S. The van der Waals surface area contributed by atoms with E-state index in [0.717, 1.165) is 17.0 Å². The van der Waals surface area contributed by atoms with Crippen LogP contribution in [0.1, 0.15) is 12.8 Å². The van der Waals surface area contributed by atoms with Crippen LogP contribution in [-0.4, -0.2) is 44.3 Å². The Labute approximate surface area is 137 Å². The third-order valence-corrected chi connectivity index (χ3v) is 6.05. The van der Waals surface area contributed by atoms with Crippen molar-refractivity contribution in [3.8, 4) is 0 Å². The summed E-state index contributed by atoms with van der Waals surface area (Å²) in [7, 11) is -3.13. The van der Waals surface area contributed by atoms with Crippen molar-refractivity contribution in [1.82, 2.24) is 5.32 Å². The van der Waals surface area contributed by atoms with E-state index in [1.165, 1.54) is 6.07 Å². The van der Waals surface area contributed by atoms with Crippen molar-refractivity contribution in [2.45, 2.75) is 18.9 Å². The van der Waals surface area contributed by atoms with Gasteiger partial charge in [-0.3, -0.25) is 9.59 Å². The van der Waals surface area contributed by atoms with Crippen molar-refractivity contribution in [3.63, 3.8) is 0 Å². The lowest BCUT2D eigenvalue weighted by Crippen LogP contribution is -2.40. The second-order valence-electron chi connectivity index (χ2n) is 6.08. The van der Waals surface area contributed by atoms with Gasteiger partial charge in [-0.15, -0.1) is 0 Å². The molecule has 24 heavy (non-hydrogen) atoms. The highest BCUT2D eigenvalue weighted by molar-refractivity contribution is 7.91. The number of hydrogen-bond donors (Lipinski definition) is 1. The number of anilines is 1. The molecule has 0 radical (unpaired) electrons. The monoisotopic (exact) mass is 358 g/mol. The predicted molar refractivity (Wildman–Crippen MR) is 82.0 cm³/mol. The molecule has 2 aliphatic rings. The van der Waals surface area contributed by atoms with Crippen LogP contribution in [0.5, 0.6) is 0 Å². The number of carbonyl (C=O) groups is 2. The Morgan fingerprint density at radius 1 is 1.25 bits per heavy atom. The van der Waals surface area contributed by atoms with Crippen LogP contribution >= 0.6 is 0 Å². The number of amides is 2. The van der Waals surface area contributed by atoms with Crippen LogP contribution < -0.4 is 10.2 Å². The van der Waals surface area contributed by atoms with E-state index in [0.29, 0.717) is 6.42 Å². The molecule has 0 aromatic heterocycles. The van der Waals surface area contributed by atoms with Crippen molar-refractivity contribution < 1.29 is 26.8 Å². The van der Waals surface area contributed by atoms with E-state index < -0.39 is 50.9 Å². The molecule has 2 saturated heterocycles. The molecule has 2 fully saturated rings. The van der Waals surface area contributed by atoms with Crippen LogP contribution in [0.15, 0.2) is 18.2 Å². The third-order valence-electron chi connectivity index (χ3n) is 4.28. The summed E-state index contributed by atoms with van der Waals surface area (Å²) >= 11 is 0. The fraction of sp³-hybridized carbons (Fsp3) is 0.467. The zero-order valence-electron chi connectivity index (χ0n) is 12.7.